The van der Waals surface area contributed by atoms with Crippen molar-refractivity contribution >= 4 is 35.6 Å². The minimum atomic E-state index is -2.47. The van der Waals surface area contributed by atoms with Gasteiger partial charge >= 0.3 is 0 Å². The molecule has 4 rings (SSSR count). The zero-order valence-electron chi connectivity index (χ0n) is 22.0. The minimum absolute atomic E-state index is 0.416. The monoisotopic (exact) mass is 525 g/mol. The van der Waals surface area contributed by atoms with Gasteiger partial charge in [0.25, 0.3) is 0 Å². The molecule has 0 radical (unpaired) electrons. The molecule has 1 aromatic heterocycles. The van der Waals surface area contributed by atoms with E-state index in [4.69, 9.17) is 14.2 Å². The van der Waals surface area contributed by atoms with Crippen LogP contribution in [0.25, 0.3) is 0 Å². The van der Waals surface area contributed by atoms with Crippen molar-refractivity contribution in [2.24, 2.45) is 0 Å². The van der Waals surface area contributed by atoms with Crippen molar-refractivity contribution in [1.82, 2.24) is 14.9 Å². The van der Waals surface area contributed by atoms with Gasteiger partial charge in [-0.1, -0.05) is 12.1 Å². The van der Waals surface area contributed by atoms with Crippen molar-refractivity contribution in [3.8, 4) is 11.5 Å². The topological polar surface area (TPSA) is 97.8 Å². The van der Waals surface area contributed by atoms with Crippen LogP contribution in [0.5, 0.6) is 11.5 Å². The van der Waals surface area contributed by atoms with Crippen molar-refractivity contribution in [1.29, 1.82) is 0 Å². The number of nitrogens with zero attached hydrogens (tertiary/aromatic N) is 3. The molecule has 0 amide bonds. The Morgan fingerprint density at radius 1 is 1.08 bits per heavy atom. The molecule has 1 fully saturated rings. The fourth-order valence-electron chi connectivity index (χ4n) is 4.09. The molecule has 2 heterocycles. The lowest BCUT2D eigenvalue weighted by Crippen LogP contribution is -2.37. The summed E-state index contributed by atoms with van der Waals surface area (Å²) in [6.07, 6.45) is 2.69. The number of methoxy groups -OCH3 is 1. The predicted molar refractivity (Wildman–Crippen MR) is 149 cm³/mol. The van der Waals surface area contributed by atoms with Crippen LogP contribution < -0.4 is 25.4 Å². The van der Waals surface area contributed by atoms with E-state index in [-0.39, 0.29) is 0 Å². The van der Waals surface area contributed by atoms with Crippen LogP contribution in [-0.4, -0.2) is 74.8 Å². The second kappa shape index (κ2) is 12.4. The maximum atomic E-state index is 12.8. The van der Waals surface area contributed by atoms with Crippen molar-refractivity contribution < 1.29 is 18.8 Å². The zero-order chi connectivity index (χ0) is 26.3. The highest BCUT2D eigenvalue weighted by Gasteiger charge is 2.17. The summed E-state index contributed by atoms with van der Waals surface area (Å²) in [5, 5.41) is 7.36. The van der Waals surface area contributed by atoms with E-state index in [0.29, 0.717) is 24.1 Å². The molecule has 1 aliphatic heterocycles. The van der Waals surface area contributed by atoms with Gasteiger partial charge in [0.15, 0.2) is 0 Å². The Bertz CT molecular complexity index is 1240. The van der Waals surface area contributed by atoms with E-state index < -0.39 is 7.14 Å². The van der Waals surface area contributed by atoms with Gasteiger partial charge in [-0.25, -0.2) is 4.98 Å². The van der Waals surface area contributed by atoms with Crippen LogP contribution in [0.15, 0.2) is 48.7 Å². The first-order chi connectivity index (χ1) is 17.8. The molecule has 1 aliphatic rings. The molecule has 10 heteroatoms. The van der Waals surface area contributed by atoms with Gasteiger partial charge in [-0.3, -0.25) is 4.90 Å². The zero-order valence-corrected chi connectivity index (χ0v) is 22.9. The molecule has 198 valence electrons. The summed E-state index contributed by atoms with van der Waals surface area (Å²) in [5.41, 5.74) is 2.37. The Kier molecular flexibility index (Phi) is 9.03. The maximum Gasteiger partial charge on any atom is 0.229 e. The second-order valence-electron chi connectivity index (χ2n) is 9.36. The quantitative estimate of drug-likeness (QED) is 0.274. The Labute approximate surface area is 218 Å². The molecule has 0 bridgehead atoms. The molecule has 0 atom stereocenters. The van der Waals surface area contributed by atoms with Gasteiger partial charge in [0.2, 0.25) is 5.95 Å². The largest absolute Gasteiger partial charge is 0.494 e. The average Bonchev–Trinajstić information content (AvgIpc) is 2.89. The van der Waals surface area contributed by atoms with Crippen molar-refractivity contribution in [2.45, 2.75) is 13.3 Å². The average molecular weight is 526 g/mol. The number of anilines is 4. The molecule has 0 unspecified atom stereocenters. The predicted octanol–water partition coefficient (Wildman–Crippen LogP) is 4.63. The van der Waals surface area contributed by atoms with E-state index in [9.17, 15) is 4.57 Å². The van der Waals surface area contributed by atoms with Gasteiger partial charge in [0, 0.05) is 42.8 Å². The van der Waals surface area contributed by atoms with E-state index in [1.807, 2.05) is 49.4 Å². The molecule has 2 N–H and O–H groups in total. The van der Waals surface area contributed by atoms with Crippen LogP contribution >= 0.6 is 7.14 Å². The van der Waals surface area contributed by atoms with Crippen molar-refractivity contribution in [3.05, 3.63) is 54.2 Å². The molecule has 2 aromatic carbocycles. The number of aryl methyl sites for hydroxylation is 1. The Morgan fingerprint density at radius 2 is 1.86 bits per heavy atom. The summed E-state index contributed by atoms with van der Waals surface area (Å²) in [6.45, 7) is 10.7. The molecule has 0 aliphatic carbocycles. The van der Waals surface area contributed by atoms with Gasteiger partial charge in [0.05, 0.1) is 38.3 Å². The molecule has 0 spiro atoms. The summed E-state index contributed by atoms with van der Waals surface area (Å²) < 4.78 is 29.7. The summed E-state index contributed by atoms with van der Waals surface area (Å²) >= 11 is 0. The lowest BCUT2D eigenvalue weighted by molar-refractivity contribution is 0.0358. The van der Waals surface area contributed by atoms with E-state index in [1.54, 1.807) is 26.6 Å². The third-order valence-corrected chi connectivity index (χ3v) is 7.67. The van der Waals surface area contributed by atoms with Crippen LogP contribution in [0, 0.1) is 6.92 Å². The highest BCUT2D eigenvalue weighted by atomic mass is 31.2. The normalized spacial score (nSPS) is 14.3. The van der Waals surface area contributed by atoms with E-state index in [0.717, 1.165) is 67.3 Å². The fraction of sp³-hybridized carbons (Fsp3) is 0.407. The van der Waals surface area contributed by atoms with Crippen LogP contribution in [0.2, 0.25) is 0 Å². The van der Waals surface area contributed by atoms with Crippen molar-refractivity contribution in [2.75, 3.05) is 70.5 Å². The Morgan fingerprint density at radius 3 is 2.62 bits per heavy atom. The Hall–Kier alpha value is -3.13. The van der Waals surface area contributed by atoms with Crippen LogP contribution in [0.1, 0.15) is 12.0 Å². The third-order valence-electron chi connectivity index (χ3n) is 6.12. The van der Waals surface area contributed by atoms with Crippen LogP contribution in [0.3, 0.4) is 0 Å². The lowest BCUT2D eigenvalue weighted by Gasteiger charge is -2.26. The number of ether oxygens (including phenoxy) is 3. The van der Waals surface area contributed by atoms with Gasteiger partial charge < -0.3 is 29.4 Å². The number of morpholine rings is 1. The Balaban J connectivity index is 1.41. The van der Waals surface area contributed by atoms with E-state index in [1.165, 1.54) is 0 Å². The molecule has 1 saturated heterocycles. The number of rotatable bonds is 11. The second-order valence-corrected chi connectivity index (χ2v) is 12.5. The van der Waals surface area contributed by atoms with Crippen molar-refractivity contribution in [3.63, 3.8) is 0 Å². The fourth-order valence-corrected chi connectivity index (χ4v) is 5.25. The third kappa shape index (κ3) is 7.44. The molecular formula is C27H36N5O4P. The molecule has 9 nitrogen and oxygen atoms in total. The van der Waals surface area contributed by atoms with Crippen LogP contribution in [-0.2, 0) is 9.30 Å². The van der Waals surface area contributed by atoms with Crippen LogP contribution in [0.4, 0.5) is 23.1 Å². The minimum Gasteiger partial charge on any atom is -0.494 e. The summed E-state index contributed by atoms with van der Waals surface area (Å²) in [6, 6.07) is 13.3. The van der Waals surface area contributed by atoms with Gasteiger partial charge in [-0.2, -0.15) is 4.98 Å². The summed E-state index contributed by atoms with van der Waals surface area (Å²) in [5.74, 6) is 2.43. The first-order valence-corrected chi connectivity index (χ1v) is 15.1. The SMILES string of the molecule is COc1cc(OCCCN2CCOCC2)ccc1Nc1ncc(C)c(Nc2ccccc2P(C)(C)=O)n1. The number of aromatic nitrogens is 2. The number of nitrogens with one attached hydrogen (secondary N) is 2. The lowest BCUT2D eigenvalue weighted by atomic mass is 10.2. The summed E-state index contributed by atoms with van der Waals surface area (Å²) in [7, 11) is -0.844. The maximum absolute atomic E-state index is 12.8. The number of hydrogen-bond acceptors (Lipinski definition) is 9. The number of benzene rings is 2. The number of para-hydroxylation sites is 1. The summed E-state index contributed by atoms with van der Waals surface area (Å²) in [4.78, 5) is 11.5. The first kappa shape index (κ1) is 26.9. The first-order valence-electron chi connectivity index (χ1n) is 12.5. The molecule has 3 aromatic rings. The van der Waals surface area contributed by atoms with E-state index >= 15 is 0 Å². The van der Waals surface area contributed by atoms with Gasteiger partial charge in [-0.05, 0) is 50.9 Å². The molecule has 0 saturated carbocycles. The van der Waals surface area contributed by atoms with Gasteiger partial charge in [-0.15, -0.1) is 0 Å². The highest BCUT2D eigenvalue weighted by Crippen LogP contribution is 2.38. The smallest absolute Gasteiger partial charge is 0.229 e. The standard InChI is InChI=1S/C27H36N5O4P/c1-20-19-28-27(31-26(20)29-23-8-5-6-9-25(23)37(3,4)33)30-22-11-10-21(18-24(22)34-2)36-15-7-12-32-13-16-35-17-14-32/h5-6,8-11,18-19H,7,12-17H2,1-4H3,(H2,28,29,30,31). The van der Waals surface area contributed by atoms with E-state index in [2.05, 4.69) is 25.5 Å². The highest BCUT2D eigenvalue weighted by molar-refractivity contribution is 7.70. The number of hydrogen-bond donors (Lipinski definition) is 2. The van der Waals surface area contributed by atoms with Gasteiger partial charge in [0.1, 0.15) is 24.5 Å². The molecule has 37 heavy (non-hydrogen) atoms. The molecular weight excluding hydrogens is 489 g/mol.